The van der Waals surface area contributed by atoms with E-state index in [4.69, 9.17) is 42.4 Å². The zero-order valence-corrected chi connectivity index (χ0v) is 22.6. The van der Waals surface area contributed by atoms with Crippen LogP contribution in [0.15, 0.2) is 52.9 Å². The second-order valence-corrected chi connectivity index (χ2v) is 9.74. The summed E-state index contributed by atoms with van der Waals surface area (Å²) in [5.74, 6) is 0.639. The lowest BCUT2D eigenvalue weighted by Crippen LogP contribution is -2.15. The molecule has 3 aromatic carbocycles. The first-order chi connectivity index (χ1) is 18.2. The van der Waals surface area contributed by atoms with E-state index in [1.54, 1.807) is 0 Å². The Morgan fingerprint density at radius 3 is 2.61 bits per heavy atom. The van der Waals surface area contributed by atoms with Crippen molar-refractivity contribution in [2.24, 2.45) is 0 Å². The van der Waals surface area contributed by atoms with Crippen molar-refractivity contribution in [2.45, 2.75) is 19.8 Å². The summed E-state index contributed by atoms with van der Waals surface area (Å²) < 4.78 is 32.7. The highest BCUT2D eigenvalue weighted by Crippen LogP contribution is 2.36. The zero-order chi connectivity index (χ0) is 27.2. The van der Waals surface area contributed by atoms with E-state index in [0.29, 0.717) is 12.5 Å². The van der Waals surface area contributed by atoms with E-state index in [-0.39, 0.29) is 45.0 Å². The third-order valence-electron chi connectivity index (χ3n) is 5.60. The second-order valence-electron chi connectivity index (χ2n) is 8.90. The summed E-state index contributed by atoms with van der Waals surface area (Å²) in [5, 5.41) is 17.7. The Morgan fingerprint density at radius 2 is 1.87 bits per heavy atom. The molecule has 0 fully saturated rings. The van der Waals surface area contributed by atoms with Gasteiger partial charge in [-0.25, -0.2) is 4.39 Å². The quantitative estimate of drug-likeness (QED) is 0.194. The normalized spacial score (nSPS) is 11.0. The highest BCUT2D eigenvalue weighted by Gasteiger charge is 2.19. The highest BCUT2D eigenvalue weighted by molar-refractivity contribution is 6.32. The average Bonchev–Trinajstić information content (AvgIpc) is 3.34. The summed E-state index contributed by atoms with van der Waals surface area (Å²) in [6.07, 6.45) is 0.951. The molecule has 0 aliphatic heterocycles. The maximum atomic E-state index is 15.4. The number of benzene rings is 3. The Morgan fingerprint density at radius 1 is 1.05 bits per heavy atom. The third-order valence-corrected chi connectivity index (χ3v) is 6.12. The summed E-state index contributed by atoms with van der Waals surface area (Å²) in [7, 11) is 4.05. The summed E-state index contributed by atoms with van der Waals surface area (Å²) in [4.78, 5) is 2.11. The van der Waals surface area contributed by atoms with E-state index in [2.05, 4.69) is 15.1 Å². The molecule has 10 heteroatoms. The molecule has 38 heavy (non-hydrogen) atoms. The fraction of sp³-hybridized carbons (Fsp3) is 0.250. The molecule has 0 atom stereocenters. The fourth-order valence-corrected chi connectivity index (χ4v) is 4.15. The van der Waals surface area contributed by atoms with Gasteiger partial charge in [0.2, 0.25) is 11.8 Å². The number of ether oxygens (including phenoxy) is 2. The van der Waals surface area contributed by atoms with E-state index in [1.165, 1.54) is 30.3 Å². The molecular weight excluding hydrogens is 530 g/mol. The average molecular weight is 555 g/mol. The molecule has 0 amide bonds. The summed E-state index contributed by atoms with van der Waals surface area (Å²) in [6.45, 7) is 3.51. The van der Waals surface area contributed by atoms with Crippen LogP contribution < -0.4 is 9.47 Å². The highest BCUT2D eigenvalue weighted by atomic mass is 35.5. The van der Waals surface area contributed by atoms with E-state index in [1.807, 2.05) is 45.3 Å². The molecule has 0 saturated carbocycles. The lowest BCUT2D eigenvalue weighted by molar-refractivity contribution is 0.281. The Hall–Kier alpha value is -3.64. The molecule has 0 aliphatic carbocycles. The summed E-state index contributed by atoms with van der Waals surface area (Å²) in [6, 6.07) is 15.1. The molecule has 1 aromatic heterocycles. The van der Waals surface area contributed by atoms with Gasteiger partial charge in [-0.15, -0.1) is 10.2 Å². The first kappa shape index (κ1) is 27.4. The number of rotatable bonds is 10. The number of aromatic nitrogens is 2. The monoisotopic (exact) mass is 554 g/mol. The Balaban J connectivity index is 1.49. The van der Waals surface area contributed by atoms with Gasteiger partial charge in [-0.05, 0) is 75.5 Å². The first-order valence-electron chi connectivity index (χ1n) is 11.8. The molecule has 0 saturated heterocycles. The zero-order valence-electron chi connectivity index (χ0n) is 21.1. The standard InChI is InChI=1S/C28H25Cl2FN4O3/c1-17-11-21(36-10-4-9-35(2)3)6-7-23(17)28-34-33-25(38-28)14-19-5-8-24(30)27(26(19)31)37-22-13-18(16-32)12-20(29)15-22/h5-8,11-13,15H,4,9-10,14H2,1-3H3. The van der Waals surface area contributed by atoms with Crippen LogP contribution in [0.3, 0.4) is 0 Å². The molecule has 0 radical (unpaired) electrons. The number of hydrogen-bond donors (Lipinski definition) is 0. The molecule has 7 nitrogen and oxygen atoms in total. The molecule has 4 rings (SSSR count). The van der Waals surface area contributed by atoms with Gasteiger partial charge in [-0.1, -0.05) is 29.3 Å². The van der Waals surface area contributed by atoms with Crippen molar-refractivity contribution >= 4 is 23.2 Å². The van der Waals surface area contributed by atoms with Gasteiger partial charge in [0.05, 0.1) is 29.7 Å². The van der Waals surface area contributed by atoms with Crippen LogP contribution in [0.4, 0.5) is 4.39 Å². The van der Waals surface area contributed by atoms with Crippen molar-refractivity contribution in [3.8, 4) is 34.8 Å². The van der Waals surface area contributed by atoms with Crippen LogP contribution >= 0.6 is 23.2 Å². The maximum absolute atomic E-state index is 15.4. The SMILES string of the molecule is Cc1cc(OCCCN(C)C)ccc1-c1nnc(Cc2ccc(Cl)c(Oc3cc(Cl)cc(C#N)c3)c2F)o1. The van der Waals surface area contributed by atoms with Gasteiger partial charge in [-0.3, -0.25) is 0 Å². The summed E-state index contributed by atoms with van der Waals surface area (Å²) in [5.41, 5.74) is 2.20. The molecule has 0 unspecified atom stereocenters. The van der Waals surface area contributed by atoms with Gasteiger partial charge < -0.3 is 18.8 Å². The Bertz CT molecular complexity index is 1480. The number of aryl methyl sites for hydroxylation is 1. The Labute approximate surface area is 230 Å². The maximum Gasteiger partial charge on any atom is 0.248 e. The van der Waals surface area contributed by atoms with Gasteiger partial charge in [0.15, 0.2) is 11.6 Å². The van der Waals surface area contributed by atoms with Crippen molar-refractivity contribution in [2.75, 3.05) is 27.2 Å². The predicted molar refractivity (Wildman–Crippen MR) is 144 cm³/mol. The minimum atomic E-state index is -0.678. The molecule has 0 aliphatic rings. The van der Waals surface area contributed by atoms with Crippen LogP contribution in [0.1, 0.15) is 29.0 Å². The smallest absolute Gasteiger partial charge is 0.248 e. The summed E-state index contributed by atoms with van der Waals surface area (Å²) >= 11 is 12.2. The van der Waals surface area contributed by atoms with Gasteiger partial charge in [-0.2, -0.15) is 5.26 Å². The van der Waals surface area contributed by atoms with Crippen molar-refractivity contribution in [3.05, 3.63) is 87.0 Å². The van der Waals surface area contributed by atoms with Crippen molar-refractivity contribution in [1.82, 2.24) is 15.1 Å². The molecule has 1 heterocycles. The molecule has 4 aromatic rings. The van der Waals surface area contributed by atoms with Crippen molar-refractivity contribution in [1.29, 1.82) is 5.26 Å². The van der Waals surface area contributed by atoms with Gasteiger partial charge in [0, 0.05) is 22.7 Å². The van der Waals surface area contributed by atoms with Crippen LogP contribution in [0, 0.1) is 24.1 Å². The largest absolute Gasteiger partial charge is 0.494 e. The minimum Gasteiger partial charge on any atom is -0.494 e. The van der Waals surface area contributed by atoms with Crippen molar-refractivity contribution < 1.29 is 18.3 Å². The number of nitrogens with zero attached hydrogens (tertiary/aromatic N) is 4. The van der Waals surface area contributed by atoms with Crippen LogP contribution in [0.5, 0.6) is 17.2 Å². The third kappa shape index (κ3) is 6.81. The van der Waals surface area contributed by atoms with Gasteiger partial charge in [0.1, 0.15) is 11.5 Å². The lowest BCUT2D eigenvalue weighted by atomic mass is 10.1. The number of halogens is 3. The molecule has 0 spiro atoms. The van der Waals surface area contributed by atoms with Crippen LogP contribution in [-0.4, -0.2) is 42.3 Å². The van der Waals surface area contributed by atoms with E-state index in [0.717, 1.165) is 29.8 Å². The second kappa shape index (κ2) is 12.3. The van der Waals surface area contributed by atoms with Crippen LogP contribution in [0.25, 0.3) is 11.5 Å². The molecular formula is C28H25Cl2FN4O3. The van der Waals surface area contributed by atoms with E-state index in [9.17, 15) is 0 Å². The van der Waals surface area contributed by atoms with E-state index < -0.39 is 5.82 Å². The number of nitriles is 1. The number of hydrogen-bond acceptors (Lipinski definition) is 7. The topological polar surface area (TPSA) is 84.4 Å². The van der Waals surface area contributed by atoms with E-state index >= 15 is 4.39 Å². The van der Waals surface area contributed by atoms with Gasteiger partial charge >= 0.3 is 0 Å². The predicted octanol–water partition coefficient (Wildman–Crippen LogP) is 7.08. The van der Waals surface area contributed by atoms with Crippen molar-refractivity contribution in [3.63, 3.8) is 0 Å². The first-order valence-corrected chi connectivity index (χ1v) is 12.6. The fourth-order valence-electron chi connectivity index (χ4n) is 3.74. The minimum absolute atomic E-state index is 0.0253. The molecule has 196 valence electrons. The molecule has 0 N–H and O–H groups in total. The lowest BCUT2D eigenvalue weighted by Gasteiger charge is -2.12. The van der Waals surface area contributed by atoms with Gasteiger partial charge in [0.25, 0.3) is 0 Å². The van der Waals surface area contributed by atoms with Crippen LogP contribution in [-0.2, 0) is 6.42 Å². The van der Waals surface area contributed by atoms with Crippen LogP contribution in [0.2, 0.25) is 10.0 Å². The Kier molecular flexibility index (Phi) is 8.85. The molecule has 0 bridgehead atoms.